The molecular weight excluding hydrogens is 235 g/mol. The zero-order chi connectivity index (χ0) is 11.0. The maximum absolute atomic E-state index is 5.91. The third-order valence-electron chi connectivity index (χ3n) is 2.05. The minimum Gasteiger partial charge on any atom is -0.224 e. The van der Waals surface area contributed by atoms with Crippen molar-refractivity contribution in [3.8, 4) is 5.82 Å². The highest BCUT2D eigenvalue weighted by Gasteiger charge is 2.10. The summed E-state index contributed by atoms with van der Waals surface area (Å²) in [5, 5.41) is 5.24. The second-order valence-electron chi connectivity index (χ2n) is 3.12. The molecule has 0 aliphatic rings. The maximum atomic E-state index is 5.91. The summed E-state index contributed by atoms with van der Waals surface area (Å²) in [6, 6.07) is 0. The molecule has 0 amide bonds. The van der Waals surface area contributed by atoms with Crippen molar-refractivity contribution in [1.82, 2.24) is 19.7 Å². The van der Waals surface area contributed by atoms with E-state index in [1.807, 2.05) is 13.8 Å². The lowest BCUT2D eigenvalue weighted by atomic mass is 10.3. The first-order valence-electron chi connectivity index (χ1n) is 4.29. The first-order chi connectivity index (χ1) is 7.09. The predicted octanol–water partition coefficient (Wildman–Crippen LogP) is 2.59. The number of hydrogen-bond acceptors (Lipinski definition) is 3. The average Bonchev–Trinajstić information content (AvgIpc) is 2.51. The Morgan fingerprint density at radius 2 is 1.93 bits per heavy atom. The summed E-state index contributed by atoms with van der Waals surface area (Å²) in [6.45, 7) is 3.67. The molecule has 2 aromatic heterocycles. The van der Waals surface area contributed by atoms with Crippen LogP contribution in [0.25, 0.3) is 5.82 Å². The standard InChI is InChI=1S/C9H8Cl2N4/c1-5-8(11)12-4-13-9(5)15-3-7(10)6(2)14-15/h3-4H,1-2H3. The van der Waals surface area contributed by atoms with E-state index >= 15 is 0 Å². The molecule has 0 unspecified atom stereocenters. The molecule has 4 nitrogen and oxygen atoms in total. The van der Waals surface area contributed by atoms with Gasteiger partial charge in [-0.15, -0.1) is 0 Å². The van der Waals surface area contributed by atoms with Crippen molar-refractivity contribution in [2.45, 2.75) is 13.8 Å². The first kappa shape index (κ1) is 10.4. The van der Waals surface area contributed by atoms with E-state index in [9.17, 15) is 0 Å². The van der Waals surface area contributed by atoms with Crippen LogP contribution < -0.4 is 0 Å². The molecule has 0 bridgehead atoms. The van der Waals surface area contributed by atoms with Crippen LogP contribution in [0.2, 0.25) is 10.2 Å². The minimum atomic E-state index is 0.421. The van der Waals surface area contributed by atoms with Crippen molar-refractivity contribution < 1.29 is 0 Å². The lowest BCUT2D eigenvalue weighted by molar-refractivity contribution is 0.816. The summed E-state index contributed by atoms with van der Waals surface area (Å²) in [6.07, 6.45) is 3.10. The molecule has 0 radical (unpaired) electrons. The van der Waals surface area contributed by atoms with Gasteiger partial charge >= 0.3 is 0 Å². The summed E-state index contributed by atoms with van der Waals surface area (Å²) in [5.41, 5.74) is 1.53. The average molecular weight is 243 g/mol. The van der Waals surface area contributed by atoms with Gasteiger partial charge in [0.05, 0.1) is 16.9 Å². The van der Waals surface area contributed by atoms with Crippen LogP contribution in [0, 0.1) is 13.8 Å². The van der Waals surface area contributed by atoms with Crippen LogP contribution in [0.5, 0.6) is 0 Å². The quantitative estimate of drug-likeness (QED) is 0.723. The highest BCUT2D eigenvalue weighted by Crippen LogP contribution is 2.20. The topological polar surface area (TPSA) is 43.6 Å². The van der Waals surface area contributed by atoms with Crippen LogP contribution in [-0.4, -0.2) is 19.7 Å². The Kier molecular flexibility index (Phi) is 2.63. The molecule has 78 valence electrons. The van der Waals surface area contributed by atoms with E-state index in [-0.39, 0.29) is 0 Å². The van der Waals surface area contributed by atoms with Gasteiger partial charge in [0.25, 0.3) is 0 Å². The SMILES string of the molecule is Cc1nn(-c2ncnc(Cl)c2C)cc1Cl. The number of rotatable bonds is 1. The zero-order valence-electron chi connectivity index (χ0n) is 8.20. The molecule has 2 rings (SSSR count). The third-order valence-corrected chi connectivity index (χ3v) is 2.80. The molecule has 0 saturated heterocycles. The minimum absolute atomic E-state index is 0.421. The number of nitrogens with zero attached hydrogens (tertiary/aromatic N) is 4. The summed E-state index contributed by atoms with van der Waals surface area (Å²) in [5.74, 6) is 0.644. The summed E-state index contributed by atoms with van der Waals surface area (Å²) >= 11 is 11.8. The Hall–Kier alpha value is -1.13. The molecule has 2 heterocycles. The van der Waals surface area contributed by atoms with Gasteiger partial charge in [-0.05, 0) is 13.8 Å². The molecular formula is C9H8Cl2N4. The van der Waals surface area contributed by atoms with E-state index in [2.05, 4.69) is 15.1 Å². The van der Waals surface area contributed by atoms with Crippen LogP contribution in [0.4, 0.5) is 0 Å². The number of hydrogen-bond donors (Lipinski definition) is 0. The van der Waals surface area contributed by atoms with Gasteiger partial charge in [0.2, 0.25) is 0 Å². The Morgan fingerprint density at radius 3 is 2.53 bits per heavy atom. The third kappa shape index (κ3) is 1.82. The Morgan fingerprint density at radius 1 is 1.20 bits per heavy atom. The van der Waals surface area contributed by atoms with Gasteiger partial charge in [0.1, 0.15) is 11.5 Å². The molecule has 0 aliphatic carbocycles. The Bertz CT molecular complexity index is 487. The fourth-order valence-corrected chi connectivity index (χ4v) is 1.46. The van der Waals surface area contributed by atoms with Crippen LogP contribution >= 0.6 is 23.2 Å². The van der Waals surface area contributed by atoms with Gasteiger partial charge in [-0.1, -0.05) is 23.2 Å². The lowest BCUT2D eigenvalue weighted by Gasteiger charge is -2.04. The Balaban J connectivity index is 2.59. The largest absolute Gasteiger partial charge is 0.224 e. The van der Waals surface area contributed by atoms with Crippen molar-refractivity contribution in [2.75, 3.05) is 0 Å². The highest BCUT2D eigenvalue weighted by atomic mass is 35.5. The number of halogens is 2. The number of aromatic nitrogens is 4. The molecule has 0 atom stereocenters. The van der Waals surface area contributed by atoms with E-state index in [4.69, 9.17) is 23.2 Å². The fraction of sp³-hybridized carbons (Fsp3) is 0.222. The van der Waals surface area contributed by atoms with Crippen LogP contribution in [0.15, 0.2) is 12.5 Å². The molecule has 0 saturated carbocycles. The van der Waals surface area contributed by atoms with E-state index in [1.165, 1.54) is 6.33 Å². The second kappa shape index (κ2) is 3.79. The van der Waals surface area contributed by atoms with Crippen molar-refractivity contribution in [1.29, 1.82) is 0 Å². The predicted molar refractivity (Wildman–Crippen MR) is 58.6 cm³/mol. The van der Waals surface area contributed by atoms with E-state index < -0.39 is 0 Å². The van der Waals surface area contributed by atoms with Gasteiger partial charge in [-0.2, -0.15) is 5.10 Å². The highest BCUT2D eigenvalue weighted by molar-refractivity contribution is 6.31. The van der Waals surface area contributed by atoms with Crippen LogP contribution in [0.3, 0.4) is 0 Å². The van der Waals surface area contributed by atoms with Crippen molar-refractivity contribution in [3.63, 3.8) is 0 Å². The summed E-state index contributed by atoms with van der Waals surface area (Å²) in [7, 11) is 0. The van der Waals surface area contributed by atoms with Crippen molar-refractivity contribution >= 4 is 23.2 Å². The first-order valence-corrected chi connectivity index (χ1v) is 5.04. The van der Waals surface area contributed by atoms with Gasteiger partial charge in [0.15, 0.2) is 5.82 Å². The Labute approximate surface area is 96.9 Å². The molecule has 6 heteroatoms. The fourth-order valence-electron chi connectivity index (χ4n) is 1.20. The summed E-state index contributed by atoms with van der Waals surface area (Å²) < 4.78 is 1.60. The molecule has 0 fully saturated rings. The van der Waals surface area contributed by atoms with E-state index in [0.29, 0.717) is 16.0 Å². The monoisotopic (exact) mass is 242 g/mol. The van der Waals surface area contributed by atoms with Crippen LogP contribution in [-0.2, 0) is 0 Å². The molecule has 0 spiro atoms. The van der Waals surface area contributed by atoms with Gasteiger partial charge in [-0.3, -0.25) is 0 Å². The molecule has 0 N–H and O–H groups in total. The molecule has 0 aliphatic heterocycles. The van der Waals surface area contributed by atoms with Gasteiger partial charge in [0, 0.05) is 5.56 Å². The normalized spacial score (nSPS) is 10.7. The number of aryl methyl sites for hydroxylation is 1. The van der Waals surface area contributed by atoms with E-state index in [1.54, 1.807) is 10.9 Å². The van der Waals surface area contributed by atoms with Crippen molar-refractivity contribution in [3.05, 3.63) is 34.0 Å². The molecule has 15 heavy (non-hydrogen) atoms. The van der Waals surface area contributed by atoms with E-state index in [0.717, 1.165) is 11.3 Å². The smallest absolute Gasteiger partial charge is 0.161 e. The second-order valence-corrected chi connectivity index (χ2v) is 3.89. The molecule has 0 aromatic carbocycles. The lowest BCUT2D eigenvalue weighted by Crippen LogP contribution is -2.02. The zero-order valence-corrected chi connectivity index (χ0v) is 9.71. The van der Waals surface area contributed by atoms with Crippen LogP contribution in [0.1, 0.15) is 11.3 Å². The maximum Gasteiger partial charge on any atom is 0.161 e. The van der Waals surface area contributed by atoms with Gasteiger partial charge in [-0.25, -0.2) is 14.6 Å². The van der Waals surface area contributed by atoms with Crippen molar-refractivity contribution in [2.24, 2.45) is 0 Å². The van der Waals surface area contributed by atoms with Gasteiger partial charge < -0.3 is 0 Å². The summed E-state index contributed by atoms with van der Waals surface area (Å²) in [4.78, 5) is 7.98. The molecule has 2 aromatic rings.